The Morgan fingerprint density at radius 3 is 2.22 bits per heavy atom. The number of quaternary nitrogens is 1. The molecule has 0 radical (unpaired) electrons. The first kappa shape index (κ1) is 22.0. The van der Waals surface area contributed by atoms with Crippen LogP contribution in [0.3, 0.4) is 0 Å². The first-order valence-corrected chi connectivity index (χ1v) is 8.03. The summed E-state index contributed by atoms with van der Waals surface area (Å²) in [6.07, 6.45) is 4.11. The molecule has 6 heteroatoms. The topological polar surface area (TPSA) is 91.2 Å². The fourth-order valence-corrected chi connectivity index (χ4v) is 2.57. The first-order chi connectivity index (χ1) is 10.4. The number of phenolic OH excluding ortho intramolecular Hbond substituents is 1. The molecule has 0 saturated carbocycles. The molecule has 1 heterocycles. The number of carbonyl (C=O) groups excluding carboxylic acids is 1. The molecule has 1 aliphatic rings. The van der Waals surface area contributed by atoms with Crippen LogP contribution in [-0.2, 0) is 5.54 Å². The third-order valence-electron chi connectivity index (χ3n) is 4.43. The number of rotatable bonds is 3. The summed E-state index contributed by atoms with van der Waals surface area (Å²) in [7, 11) is 0. The zero-order valence-electron chi connectivity index (χ0n) is 14.1. The van der Waals surface area contributed by atoms with Crippen LogP contribution in [0.5, 0.6) is 5.75 Å². The molecule has 0 aliphatic carbocycles. The second kappa shape index (κ2) is 10.7. The molecule has 5 nitrogen and oxygen atoms in total. The third-order valence-corrected chi connectivity index (χ3v) is 4.43. The molecule has 0 unspecified atom stereocenters. The van der Waals surface area contributed by atoms with E-state index in [1.165, 1.54) is 4.90 Å². The fourth-order valence-electron chi connectivity index (χ4n) is 2.57. The minimum absolute atomic E-state index is 0. The van der Waals surface area contributed by atoms with Gasteiger partial charge in [-0.25, -0.2) is 0 Å². The van der Waals surface area contributed by atoms with Crippen molar-refractivity contribution in [1.29, 1.82) is 0 Å². The van der Waals surface area contributed by atoms with Crippen LogP contribution in [0.2, 0.25) is 0 Å². The number of nitrogens with zero attached hydrogens (tertiary/aromatic N) is 1. The molecule has 0 bridgehead atoms. The number of phenols is 1. The average molecular weight is 436 g/mol. The highest BCUT2D eigenvalue weighted by Gasteiger charge is 2.27. The number of hydrogen-bond donors (Lipinski definition) is 2. The summed E-state index contributed by atoms with van der Waals surface area (Å²) in [5.41, 5.74) is 5.29. The van der Waals surface area contributed by atoms with Crippen LogP contribution in [0, 0.1) is 0 Å². The lowest BCUT2D eigenvalue weighted by Crippen LogP contribution is -2.69. The van der Waals surface area contributed by atoms with E-state index in [2.05, 4.69) is 19.6 Å². The minimum Gasteiger partial charge on any atom is -0.530 e. The van der Waals surface area contributed by atoms with Gasteiger partial charge in [-0.05, 0) is 31.4 Å². The van der Waals surface area contributed by atoms with Crippen LogP contribution in [0.15, 0.2) is 24.3 Å². The first-order valence-electron chi connectivity index (χ1n) is 8.03. The monoisotopic (exact) mass is 436 g/mol. The number of halogens is 1. The normalized spacial score (nSPS) is 14.3. The molecule has 0 aromatic heterocycles. The van der Waals surface area contributed by atoms with Crippen LogP contribution >= 0.6 is 24.0 Å². The van der Waals surface area contributed by atoms with Gasteiger partial charge in [-0.15, -0.1) is 24.0 Å². The summed E-state index contributed by atoms with van der Waals surface area (Å²) in [6, 6.07) is 7.39. The predicted molar refractivity (Wildman–Crippen MR) is 99.5 cm³/mol. The van der Waals surface area contributed by atoms with Crippen molar-refractivity contribution < 1.29 is 20.7 Å². The molecule has 132 valence electrons. The van der Waals surface area contributed by atoms with E-state index in [-0.39, 0.29) is 29.5 Å². The van der Waals surface area contributed by atoms with Crippen molar-refractivity contribution in [1.82, 2.24) is 4.90 Å². The quantitative estimate of drug-likeness (QED) is 0.711. The Morgan fingerprint density at radius 2 is 1.83 bits per heavy atom. The van der Waals surface area contributed by atoms with Crippen molar-refractivity contribution in [2.24, 2.45) is 0 Å². The van der Waals surface area contributed by atoms with Crippen molar-refractivity contribution in [3.8, 4) is 5.75 Å². The maximum atomic E-state index is 10.2. The van der Waals surface area contributed by atoms with Gasteiger partial charge in [0.15, 0.2) is 0 Å². The molecule has 1 aromatic carbocycles. The predicted octanol–water partition coefficient (Wildman–Crippen LogP) is 2.08. The van der Waals surface area contributed by atoms with E-state index in [0.717, 1.165) is 37.7 Å². The van der Waals surface area contributed by atoms with Gasteiger partial charge in [-0.3, -0.25) is 0 Å². The summed E-state index contributed by atoms with van der Waals surface area (Å²) in [4.78, 5) is 11.5. The molecule has 1 aromatic rings. The largest absolute Gasteiger partial charge is 0.530 e. The lowest BCUT2D eigenvalue weighted by atomic mass is 9.86. The maximum Gasteiger partial charge on any atom is 0.136 e. The molecule has 1 aliphatic heterocycles. The molecule has 23 heavy (non-hydrogen) atoms. The lowest BCUT2D eigenvalue weighted by molar-refractivity contribution is -0.490. The van der Waals surface area contributed by atoms with Gasteiger partial charge in [-0.1, -0.05) is 26.0 Å². The number of amides is 1. The minimum atomic E-state index is -1.02. The Labute approximate surface area is 155 Å². The molecule has 4 N–H and O–H groups in total. The van der Waals surface area contributed by atoms with Gasteiger partial charge < -0.3 is 25.6 Å². The van der Waals surface area contributed by atoms with Crippen molar-refractivity contribution in [2.75, 3.05) is 13.1 Å². The number of carbonyl (C=O) groups is 1. The van der Waals surface area contributed by atoms with E-state index in [1.807, 2.05) is 12.1 Å². The van der Waals surface area contributed by atoms with Crippen molar-refractivity contribution in [3.05, 3.63) is 29.8 Å². The van der Waals surface area contributed by atoms with Crippen LogP contribution in [0.4, 0.5) is 4.79 Å². The average Bonchev–Trinajstić information content (AvgIpc) is 2.55. The Balaban J connectivity index is 0.000000427. The summed E-state index contributed by atoms with van der Waals surface area (Å²) in [5, 5.41) is 19.5. The van der Waals surface area contributed by atoms with Crippen LogP contribution < -0.4 is 10.8 Å². The Bertz CT molecular complexity index is 473. The van der Waals surface area contributed by atoms with Gasteiger partial charge in [0.05, 0.1) is 0 Å². The molecule has 1 saturated heterocycles. The second-order valence-corrected chi connectivity index (χ2v) is 5.85. The zero-order chi connectivity index (χ0) is 16.6. The van der Waals surface area contributed by atoms with Gasteiger partial charge in [-0.2, -0.15) is 0 Å². The highest BCUT2D eigenvalue weighted by Crippen LogP contribution is 2.25. The van der Waals surface area contributed by atoms with Crippen molar-refractivity contribution >= 4 is 30.1 Å². The SMILES string of the molecule is CCC([NH3+])(CC)c1cccc(O)c1.I.O=C([O-])N1CCCCC1. The molecule has 2 rings (SSSR count). The summed E-state index contributed by atoms with van der Waals surface area (Å²) >= 11 is 0. The van der Waals surface area contributed by atoms with E-state index in [9.17, 15) is 15.0 Å². The van der Waals surface area contributed by atoms with Gasteiger partial charge in [0.1, 0.15) is 17.4 Å². The number of aromatic hydroxyl groups is 1. The molecular weight excluding hydrogens is 407 g/mol. The van der Waals surface area contributed by atoms with E-state index in [1.54, 1.807) is 12.1 Å². The number of carboxylic acid groups (broad SMARTS) is 1. The fraction of sp³-hybridized carbons (Fsp3) is 0.588. The smallest absolute Gasteiger partial charge is 0.136 e. The molecule has 0 spiro atoms. The summed E-state index contributed by atoms with van der Waals surface area (Å²) in [6.45, 7) is 5.59. The van der Waals surface area contributed by atoms with Crippen LogP contribution in [0.25, 0.3) is 0 Å². The Morgan fingerprint density at radius 1 is 1.26 bits per heavy atom. The van der Waals surface area contributed by atoms with Crippen LogP contribution in [0.1, 0.15) is 51.5 Å². The number of likely N-dealkylation sites (tertiary alicyclic amines) is 1. The summed E-state index contributed by atoms with van der Waals surface area (Å²) < 4.78 is 0. The molecule has 0 atom stereocenters. The standard InChI is InChI=1S/C11H17NO.C6H11NO2.HI/c1-3-11(12,4-2)9-6-5-7-10(13)8-9;8-6(9)7-4-2-1-3-5-7;/h5-8,13H,3-4,12H2,1-2H3;1-5H2,(H,8,9);1H. The van der Waals surface area contributed by atoms with E-state index in [0.29, 0.717) is 18.8 Å². The highest BCUT2D eigenvalue weighted by atomic mass is 127. The molecule has 1 fully saturated rings. The van der Waals surface area contributed by atoms with Gasteiger partial charge in [0, 0.05) is 31.5 Å². The van der Waals surface area contributed by atoms with Gasteiger partial charge >= 0.3 is 0 Å². The Kier molecular flexibility index (Phi) is 10.2. The van der Waals surface area contributed by atoms with E-state index >= 15 is 0 Å². The zero-order valence-corrected chi connectivity index (χ0v) is 16.4. The van der Waals surface area contributed by atoms with Crippen LogP contribution in [-0.4, -0.2) is 29.2 Å². The Hall–Kier alpha value is -1.02. The number of piperidine rings is 1. The van der Waals surface area contributed by atoms with E-state index < -0.39 is 6.09 Å². The third kappa shape index (κ3) is 6.95. The van der Waals surface area contributed by atoms with Crippen molar-refractivity contribution in [2.45, 2.75) is 51.5 Å². The van der Waals surface area contributed by atoms with E-state index in [4.69, 9.17) is 0 Å². The number of benzene rings is 1. The molecule has 1 amide bonds. The summed E-state index contributed by atoms with van der Waals surface area (Å²) in [5.74, 6) is 0.326. The number of hydrogen-bond acceptors (Lipinski definition) is 3. The second-order valence-electron chi connectivity index (χ2n) is 5.85. The van der Waals surface area contributed by atoms with Crippen molar-refractivity contribution in [3.63, 3.8) is 0 Å². The maximum absolute atomic E-state index is 10.2. The lowest BCUT2D eigenvalue weighted by Gasteiger charge is -2.28. The molecular formula is C17H29IN2O3. The van der Waals surface area contributed by atoms with Gasteiger partial charge in [0.2, 0.25) is 0 Å². The highest BCUT2D eigenvalue weighted by molar-refractivity contribution is 14.0. The van der Waals surface area contributed by atoms with Gasteiger partial charge in [0.25, 0.3) is 0 Å².